The van der Waals surface area contributed by atoms with Crippen LogP contribution in [0, 0.1) is 0 Å². The number of fused-ring (bicyclic) bond motifs is 1. The third-order valence-electron chi connectivity index (χ3n) is 2.54. The molecule has 1 aromatic rings. The molecule has 1 aliphatic carbocycles. The maximum atomic E-state index is 5.80. The van der Waals surface area contributed by atoms with Crippen molar-refractivity contribution in [2.24, 2.45) is 0 Å². The molecule has 0 saturated carbocycles. The quantitative estimate of drug-likeness (QED) is 0.638. The van der Waals surface area contributed by atoms with Crippen molar-refractivity contribution in [3.63, 3.8) is 0 Å². The van der Waals surface area contributed by atoms with E-state index >= 15 is 0 Å². The second-order valence-corrected chi connectivity index (χ2v) is 3.94. The first-order valence-corrected chi connectivity index (χ1v) is 5.25. The maximum absolute atomic E-state index is 5.80. The highest BCUT2D eigenvalue weighted by atomic mass is 35.5. The van der Waals surface area contributed by atoms with Crippen LogP contribution in [0.5, 0.6) is 0 Å². The number of hydrogen-bond acceptors (Lipinski definition) is 2. The lowest BCUT2D eigenvalue weighted by atomic mass is 9.98. The van der Waals surface area contributed by atoms with Crippen LogP contribution in [0.4, 0.5) is 0 Å². The Morgan fingerprint density at radius 3 is 2.62 bits per heavy atom. The van der Waals surface area contributed by atoms with Gasteiger partial charge in [0.05, 0.1) is 5.69 Å². The molecule has 0 aromatic carbocycles. The number of aryl methyl sites for hydroxylation is 2. The van der Waals surface area contributed by atoms with Crippen LogP contribution in [0.2, 0.25) is 5.15 Å². The van der Waals surface area contributed by atoms with Gasteiger partial charge in [0.2, 0.25) is 0 Å². The molecule has 70 valence electrons. The SMILES string of the molecule is Clc1cc2c(nn1)CCCCCC2. The van der Waals surface area contributed by atoms with Gasteiger partial charge in [0.1, 0.15) is 0 Å². The Hall–Kier alpha value is -0.630. The average molecular weight is 197 g/mol. The van der Waals surface area contributed by atoms with Crippen LogP contribution < -0.4 is 0 Å². The summed E-state index contributed by atoms with van der Waals surface area (Å²) in [6, 6.07) is 1.97. The Morgan fingerprint density at radius 2 is 1.77 bits per heavy atom. The van der Waals surface area contributed by atoms with E-state index < -0.39 is 0 Å². The van der Waals surface area contributed by atoms with Crippen LogP contribution >= 0.6 is 11.6 Å². The summed E-state index contributed by atoms with van der Waals surface area (Å²) in [5, 5.41) is 8.55. The Morgan fingerprint density at radius 1 is 1.00 bits per heavy atom. The molecular formula is C10H13ClN2. The predicted molar refractivity (Wildman–Crippen MR) is 52.9 cm³/mol. The highest BCUT2D eigenvalue weighted by molar-refractivity contribution is 6.29. The molecule has 0 spiro atoms. The maximum Gasteiger partial charge on any atom is 0.152 e. The molecular weight excluding hydrogens is 184 g/mol. The molecule has 1 heterocycles. The van der Waals surface area contributed by atoms with Gasteiger partial charge in [-0.15, -0.1) is 5.10 Å². The highest BCUT2D eigenvalue weighted by Crippen LogP contribution is 2.19. The minimum absolute atomic E-state index is 0.527. The Kier molecular flexibility index (Phi) is 2.79. The van der Waals surface area contributed by atoms with E-state index in [2.05, 4.69) is 10.2 Å². The summed E-state index contributed by atoms with van der Waals surface area (Å²) in [4.78, 5) is 0. The molecule has 3 heteroatoms. The average Bonchev–Trinajstić information content (AvgIpc) is 2.08. The molecule has 0 fully saturated rings. The van der Waals surface area contributed by atoms with Gasteiger partial charge in [0.15, 0.2) is 5.15 Å². The molecule has 0 bridgehead atoms. The van der Waals surface area contributed by atoms with E-state index in [0.717, 1.165) is 18.5 Å². The van der Waals surface area contributed by atoms with Gasteiger partial charge in [0, 0.05) is 0 Å². The molecule has 0 saturated heterocycles. The number of aromatic nitrogens is 2. The van der Waals surface area contributed by atoms with Crippen molar-refractivity contribution in [1.29, 1.82) is 0 Å². The number of nitrogens with zero attached hydrogens (tertiary/aromatic N) is 2. The summed E-state index contributed by atoms with van der Waals surface area (Å²) < 4.78 is 0. The lowest BCUT2D eigenvalue weighted by Crippen LogP contribution is -2.03. The Balaban J connectivity index is 2.28. The van der Waals surface area contributed by atoms with E-state index in [9.17, 15) is 0 Å². The molecule has 0 amide bonds. The first-order valence-electron chi connectivity index (χ1n) is 4.87. The van der Waals surface area contributed by atoms with Crippen molar-refractivity contribution in [2.45, 2.75) is 38.5 Å². The second-order valence-electron chi connectivity index (χ2n) is 3.55. The summed E-state index contributed by atoms with van der Waals surface area (Å²) in [7, 11) is 0. The summed E-state index contributed by atoms with van der Waals surface area (Å²) in [6.45, 7) is 0. The second kappa shape index (κ2) is 4.05. The van der Waals surface area contributed by atoms with E-state index in [4.69, 9.17) is 11.6 Å². The molecule has 0 unspecified atom stereocenters. The number of hydrogen-bond donors (Lipinski definition) is 0. The number of halogens is 1. The van der Waals surface area contributed by atoms with Gasteiger partial charge in [0.25, 0.3) is 0 Å². The topological polar surface area (TPSA) is 25.8 Å². The Bertz CT molecular complexity index is 299. The minimum Gasteiger partial charge on any atom is -0.154 e. The van der Waals surface area contributed by atoms with Gasteiger partial charge in [-0.05, 0) is 37.3 Å². The van der Waals surface area contributed by atoms with Crippen molar-refractivity contribution in [2.75, 3.05) is 0 Å². The third-order valence-corrected chi connectivity index (χ3v) is 2.72. The molecule has 0 aliphatic heterocycles. The zero-order valence-corrected chi connectivity index (χ0v) is 8.35. The van der Waals surface area contributed by atoms with Gasteiger partial charge in [-0.1, -0.05) is 24.4 Å². The van der Waals surface area contributed by atoms with Gasteiger partial charge < -0.3 is 0 Å². The minimum atomic E-state index is 0.527. The van der Waals surface area contributed by atoms with E-state index in [1.165, 1.54) is 31.2 Å². The van der Waals surface area contributed by atoms with Crippen molar-refractivity contribution in [3.8, 4) is 0 Å². The molecule has 1 aromatic heterocycles. The monoisotopic (exact) mass is 196 g/mol. The van der Waals surface area contributed by atoms with E-state index in [1.807, 2.05) is 6.07 Å². The largest absolute Gasteiger partial charge is 0.154 e. The Labute approximate surface area is 83.3 Å². The van der Waals surface area contributed by atoms with Crippen LogP contribution in [0.3, 0.4) is 0 Å². The summed E-state index contributed by atoms with van der Waals surface area (Å²) in [5.74, 6) is 0. The molecule has 0 radical (unpaired) electrons. The van der Waals surface area contributed by atoms with Gasteiger partial charge in [-0.3, -0.25) is 0 Å². The van der Waals surface area contributed by atoms with Gasteiger partial charge in [-0.25, -0.2) is 0 Å². The highest BCUT2D eigenvalue weighted by Gasteiger charge is 2.08. The number of rotatable bonds is 0. The van der Waals surface area contributed by atoms with Crippen LogP contribution in [-0.4, -0.2) is 10.2 Å². The van der Waals surface area contributed by atoms with E-state index in [-0.39, 0.29) is 0 Å². The molecule has 0 atom stereocenters. The summed E-state index contributed by atoms with van der Waals surface area (Å²) in [6.07, 6.45) is 7.34. The van der Waals surface area contributed by atoms with Crippen molar-refractivity contribution < 1.29 is 0 Å². The van der Waals surface area contributed by atoms with E-state index in [0.29, 0.717) is 5.15 Å². The lowest BCUT2D eigenvalue weighted by molar-refractivity contribution is 0.603. The van der Waals surface area contributed by atoms with Gasteiger partial charge >= 0.3 is 0 Å². The molecule has 0 N–H and O–H groups in total. The van der Waals surface area contributed by atoms with Crippen molar-refractivity contribution >= 4 is 11.6 Å². The summed E-state index contributed by atoms with van der Waals surface area (Å²) >= 11 is 5.80. The fourth-order valence-corrected chi connectivity index (χ4v) is 1.99. The van der Waals surface area contributed by atoms with E-state index in [1.54, 1.807) is 0 Å². The zero-order valence-electron chi connectivity index (χ0n) is 7.59. The van der Waals surface area contributed by atoms with Crippen molar-refractivity contribution in [1.82, 2.24) is 10.2 Å². The molecule has 13 heavy (non-hydrogen) atoms. The lowest BCUT2D eigenvalue weighted by Gasteiger charge is -2.11. The van der Waals surface area contributed by atoms with Crippen LogP contribution in [0.25, 0.3) is 0 Å². The molecule has 1 aliphatic rings. The van der Waals surface area contributed by atoms with Crippen molar-refractivity contribution in [3.05, 3.63) is 22.5 Å². The fourth-order valence-electron chi connectivity index (χ4n) is 1.82. The van der Waals surface area contributed by atoms with Crippen LogP contribution in [-0.2, 0) is 12.8 Å². The standard InChI is InChI=1S/C10H13ClN2/c11-10-7-8-5-3-1-2-4-6-9(8)12-13-10/h7H,1-6H2. The predicted octanol–water partition coefficient (Wildman–Crippen LogP) is 2.79. The van der Waals surface area contributed by atoms with Crippen LogP contribution in [0.15, 0.2) is 6.07 Å². The first kappa shape index (κ1) is 8.95. The first-order chi connectivity index (χ1) is 6.36. The summed E-state index contributed by atoms with van der Waals surface area (Å²) in [5.41, 5.74) is 2.46. The van der Waals surface area contributed by atoms with Crippen LogP contribution in [0.1, 0.15) is 36.9 Å². The smallest absolute Gasteiger partial charge is 0.152 e. The van der Waals surface area contributed by atoms with Gasteiger partial charge in [-0.2, -0.15) is 5.10 Å². The normalized spacial score (nSPS) is 17.3. The third kappa shape index (κ3) is 2.19. The fraction of sp³-hybridized carbons (Fsp3) is 0.600. The molecule has 2 nitrogen and oxygen atoms in total. The molecule has 2 rings (SSSR count). The zero-order chi connectivity index (χ0) is 9.10.